The number of carbonyl (C=O) groups excluding carboxylic acids is 1. The number of ether oxygens (including phenoxy) is 2. The van der Waals surface area contributed by atoms with E-state index in [1.165, 1.54) is 13.8 Å². The number of esters is 1. The lowest BCUT2D eigenvalue weighted by Gasteiger charge is -2.34. The summed E-state index contributed by atoms with van der Waals surface area (Å²) in [4.78, 5) is 21.5. The number of aliphatic carboxylic acids is 1. The van der Waals surface area contributed by atoms with Crippen LogP contribution >= 0.6 is 0 Å². The van der Waals surface area contributed by atoms with Crippen molar-refractivity contribution in [1.29, 1.82) is 0 Å². The summed E-state index contributed by atoms with van der Waals surface area (Å²) < 4.78 is 112. The molecule has 0 saturated carbocycles. The van der Waals surface area contributed by atoms with Crippen LogP contribution in [0, 0.1) is 5.41 Å². The number of alkyl halides is 8. The third kappa shape index (κ3) is 4.35. The minimum Gasteiger partial charge on any atom is -0.477 e. The zero-order valence-corrected chi connectivity index (χ0v) is 13.7. The molecular weight excluding hydrogens is 388 g/mol. The Morgan fingerprint density at radius 1 is 0.885 bits per heavy atom. The van der Waals surface area contributed by atoms with Gasteiger partial charge in [0, 0.05) is 0 Å². The molecule has 13 heteroatoms. The van der Waals surface area contributed by atoms with Crippen LogP contribution in [0.25, 0.3) is 0 Å². The van der Waals surface area contributed by atoms with E-state index in [2.05, 4.69) is 9.47 Å². The number of rotatable bonds is 10. The molecule has 0 aliphatic rings. The van der Waals surface area contributed by atoms with E-state index in [4.69, 9.17) is 5.11 Å². The van der Waals surface area contributed by atoms with Crippen molar-refractivity contribution in [3.05, 3.63) is 0 Å². The smallest absolute Gasteiger partial charge is 0.426 e. The number of carboxylic acids is 1. The van der Waals surface area contributed by atoms with E-state index in [1.807, 2.05) is 0 Å². The quantitative estimate of drug-likeness (QED) is 0.343. The normalized spacial score (nSPS) is 14.3. The Bertz CT molecular complexity index is 533. The van der Waals surface area contributed by atoms with Gasteiger partial charge in [0.25, 0.3) is 0 Å². The molecule has 0 aromatic heterocycles. The standard InChI is InChI=1S/C13H16F8O5/c1-4-9(2,3)8(24)25-5-6-26-13(20,21)12(18,19)11(16,17)10(14,15)7(22)23/h4-6H2,1-3H3,(H,22,23). The van der Waals surface area contributed by atoms with Gasteiger partial charge in [-0.3, -0.25) is 4.79 Å². The number of carbonyl (C=O) groups is 2. The van der Waals surface area contributed by atoms with Gasteiger partial charge < -0.3 is 14.6 Å². The van der Waals surface area contributed by atoms with Gasteiger partial charge in [0.05, 0.1) is 12.0 Å². The molecular formula is C13H16F8O5. The number of hydrogen-bond acceptors (Lipinski definition) is 4. The molecule has 0 saturated heterocycles. The summed E-state index contributed by atoms with van der Waals surface area (Å²) in [7, 11) is 0. The lowest BCUT2D eigenvalue weighted by atomic mass is 9.91. The Morgan fingerprint density at radius 3 is 1.73 bits per heavy atom. The number of halogens is 8. The maximum Gasteiger partial charge on any atom is 0.426 e. The van der Waals surface area contributed by atoms with E-state index in [1.54, 1.807) is 6.92 Å². The van der Waals surface area contributed by atoms with E-state index < -0.39 is 54.4 Å². The average molecular weight is 404 g/mol. The fourth-order valence-corrected chi connectivity index (χ4v) is 1.25. The summed E-state index contributed by atoms with van der Waals surface area (Å²) in [5.41, 5.74) is -1.05. The molecule has 0 aromatic rings. The topological polar surface area (TPSA) is 72.8 Å². The first-order valence-corrected chi connectivity index (χ1v) is 6.94. The molecule has 0 aromatic carbocycles. The molecule has 26 heavy (non-hydrogen) atoms. The highest BCUT2D eigenvalue weighted by Gasteiger charge is 2.84. The van der Waals surface area contributed by atoms with Crippen molar-refractivity contribution in [1.82, 2.24) is 0 Å². The van der Waals surface area contributed by atoms with Crippen molar-refractivity contribution in [3.63, 3.8) is 0 Å². The molecule has 1 N–H and O–H groups in total. The van der Waals surface area contributed by atoms with Crippen LogP contribution in [0.1, 0.15) is 27.2 Å². The molecule has 0 rings (SSSR count). The van der Waals surface area contributed by atoms with Gasteiger partial charge in [-0.25, -0.2) is 4.79 Å². The van der Waals surface area contributed by atoms with Gasteiger partial charge in [0.1, 0.15) is 6.61 Å². The minimum atomic E-state index is -6.98. The van der Waals surface area contributed by atoms with Gasteiger partial charge in [0.2, 0.25) is 0 Å². The van der Waals surface area contributed by atoms with Crippen molar-refractivity contribution < 1.29 is 59.3 Å². The molecule has 0 fully saturated rings. The Labute approximate surface area is 142 Å². The highest BCUT2D eigenvalue weighted by atomic mass is 19.4. The first-order valence-electron chi connectivity index (χ1n) is 6.94. The van der Waals surface area contributed by atoms with E-state index in [0.29, 0.717) is 0 Å². The maximum absolute atomic E-state index is 13.2. The summed E-state index contributed by atoms with van der Waals surface area (Å²) in [5.74, 6) is -25.0. The van der Waals surface area contributed by atoms with Gasteiger partial charge in [-0.15, -0.1) is 0 Å². The first-order chi connectivity index (χ1) is 11.4. The van der Waals surface area contributed by atoms with Crippen LogP contribution in [-0.4, -0.2) is 54.1 Å². The molecule has 0 heterocycles. The fourth-order valence-electron chi connectivity index (χ4n) is 1.25. The monoisotopic (exact) mass is 404 g/mol. The second-order valence-electron chi connectivity index (χ2n) is 5.77. The molecule has 0 aliphatic heterocycles. The predicted octanol–water partition coefficient (Wildman–Crippen LogP) is 3.57. The second-order valence-corrected chi connectivity index (χ2v) is 5.77. The predicted molar refractivity (Wildman–Crippen MR) is 68.4 cm³/mol. The molecule has 0 bridgehead atoms. The number of hydrogen-bond donors (Lipinski definition) is 1. The van der Waals surface area contributed by atoms with Crippen LogP contribution in [-0.2, 0) is 19.1 Å². The molecule has 0 spiro atoms. The Balaban J connectivity index is 5.10. The molecule has 0 unspecified atom stereocenters. The third-order valence-electron chi connectivity index (χ3n) is 3.46. The van der Waals surface area contributed by atoms with Crippen LogP contribution < -0.4 is 0 Å². The summed E-state index contributed by atoms with van der Waals surface area (Å²) in [5, 5.41) is 7.87. The van der Waals surface area contributed by atoms with Gasteiger partial charge >= 0.3 is 35.8 Å². The van der Waals surface area contributed by atoms with Crippen molar-refractivity contribution in [3.8, 4) is 0 Å². The summed E-state index contributed by atoms with van der Waals surface area (Å²) >= 11 is 0. The first kappa shape index (κ1) is 24.3. The van der Waals surface area contributed by atoms with E-state index in [9.17, 15) is 44.7 Å². The third-order valence-corrected chi connectivity index (χ3v) is 3.46. The molecule has 5 nitrogen and oxygen atoms in total. The second kappa shape index (κ2) is 7.53. The Morgan fingerprint density at radius 2 is 1.35 bits per heavy atom. The van der Waals surface area contributed by atoms with Crippen LogP contribution in [0.15, 0.2) is 0 Å². The van der Waals surface area contributed by atoms with Crippen LogP contribution in [0.5, 0.6) is 0 Å². The Hall–Kier alpha value is -1.66. The lowest BCUT2D eigenvalue weighted by molar-refractivity contribution is -0.423. The van der Waals surface area contributed by atoms with Gasteiger partial charge in [0.15, 0.2) is 0 Å². The molecule has 0 radical (unpaired) electrons. The van der Waals surface area contributed by atoms with Crippen molar-refractivity contribution in [2.75, 3.05) is 13.2 Å². The molecule has 0 atom stereocenters. The van der Waals surface area contributed by atoms with Gasteiger partial charge in [-0.1, -0.05) is 6.92 Å². The van der Waals surface area contributed by atoms with Crippen LogP contribution in [0.2, 0.25) is 0 Å². The fraction of sp³-hybridized carbons (Fsp3) is 0.846. The van der Waals surface area contributed by atoms with Gasteiger partial charge in [-0.2, -0.15) is 35.1 Å². The average Bonchev–Trinajstić information content (AvgIpc) is 2.50. The van der Waals surface area contributed by atoms with E-state index in [-0.39, 0.29) is 6.42 Å². The SMILES string of the molecule is CCC(C)(C)C(=O)OCCOC(F)(F)C(F)(F)C(F)(F)C(F)(F)C(=O)O. The van der Waals surface area contributed by atoms with E-state index >= 15 is 0 Å². The summed E-state index contributed by atoms with van der Waals surface area (Å²) in [6.07, 6.45) is -5.92. The lowest BCUT2D eigenvalue weighted by Crippen LogP contribution is -2.65. The van der Waals surface area contributed by atoms with E-state index in [0.717, 1.165) is 0 Å². The highest BCUT2D eigenvalue weighted by Crippen LogP contribution is 2.52. The van der Waals surface area contributed by atoms with Crippen LogP contribution in [0.4, 0.5) is 35.1 Å². The van der Waals surface area contributed by atoms with Crippen molar-refractivity contribution in [2.45, 2.75) is 51.1 Å². The zero-order valence-electron chi connectivity index (χ0n) is 13.7. The number of carboxylic acid groups (broad SMARTS) is 1. The zero-order chi connectivity index (χ0) is 21.2. The van der Waals surface area contributed by atoms with Crippen molar-refractivity contribution >= 4 is 11.9 Å². The molecule has 0 aliphatic carbocycles. The summed E-state index contributed by atoms with van der Waals surface area (Å²) in [6, 6.07) is 0. The van der Waals surface area contributed by atoms with Gasteiger partial charge in [-0.05, 0) is 20.3 Å². The maximum atomic E-state index is 13.2. The minimum absolute atomic E-state index is 0.261. The van der Waals surface area contributed by atoms with Crippen molar-refractivity contribution in [2.24, 2.45) is 5.41 Å². The van der Waals surface area contributed by atoms with Crippen LogP contribution in [0.3, 0.4) is 0 Å². The largest absolute Gasteiger partial charge is 0.477 e. The molecule has 0 amide bonds. The molecule has 154 valence electrons. The summed E-state index contributed by atoms with van der Waals surface area (Å²) in [6.45, 7) is 1.80. The Kier molecular flexibility index (Phi) is 7.05. The highest BCUT2D eigenvalue weighted by molar-refractivity contribution is 5.77.